The number of aromatic nitrogens is 1. The Morgan fingerprint density at radius 3 is 2.53 bits per heavy atom. The lowest BCUT2D eigenvalue weighted by Crippen LogP contribution is -2.12. The van der Waals surface area contributed by atoms with Crippen LogP contribution in [0.2, 0.25) is 5.02 Å². The quantitative estimate of drug-likeness (QED) is 0.582. The summed E-state index contributed by atoms with van der Waals surface area (Å²) < 4.78 is 27.6. The Balaban J connectivity index is 2.40. The van der Waals surface area contributed by atoms with Crippen LogP contribution in [0.25, 0.3) is 0 Å². The molecule has 2 rings (SSSR count). The van der Waals surface area contributed by atoms with Crippen LogP contribution in [0.4, 0.5) is 26.1 Å². The highest BCUT2D eigenvalue weighted by Crippen LogP contribution is 2.29. The van der Waals surface area contributed by atoms with Crippen LogP contribution < -0.4 is 16.6 Å². The van der Waals surface area contributed by atoms with E-state index in [0.717, 1.165) is 4.47 Å². The molecule has 0 radical (unpaired) electrons. The maximum atomic E-state index is 13.6. The maximum absolute atomic E-state index is 13.6. The number of hydrogen-bond donors (Lipinski definition) is 3. The van der Waals surface area contributed by atoms with Crippen molar-refractivity contribution in [3.05, 3.63) is 45.4 Å². The van der Waals surface area contributed by atoms with E-state index in [1.165, 1.54) is 0 Å². The van der Waals surface area contributed by atoms with Gasteiger partial charge in [0.25, 0.3) is 0 Å². The summed E-state index contributed by atoms with van der Waals surface area (Å²) in [5.74, 6) is 2.89. The first-order chi connectivity index (χ1) is 9.01. The molecule has 0 atom stereocenters. The van der Waals surface area contributed by atoms with Gasteiger partial charge >= 0.3 is 0 Å². The van der Waals surface area contributed by atoms with Gasteiger partial charge in [-0.25, -0.2) is 19.6 Å². The fourth-order valence-corrected chi connectivity index (χ4v) is 1.90. The van der Waals surface area contributed by atoms with E-state index in [1.54, 1.807) is 18.2 Å². The Hall–Kier alpha value is -1.44. The standard InChI is InChI=1S/C11H8BrClF2N4/c12-5-1-2-6(13)9(3-5)17-10-7(14)4-8(15)11(18-10)19-16/h1-4H,16H2,(H2,17,18,19). The first kappa shape index (κ1) is 14.0. The molecule has 0 saturated heterocycles. The molecule has 100 valence electrons. The summed E-state index contributed by atoms with van der Waals surface area (Å²) in [6.07, 6.45) is 0. The van der Waals surface area contributed by atoms with Gasteiger partial charge in [0.2, 0.25) is 0 Å². The molecule has 0 spiro atoms. The molecule has 1 aromatic heterocycles. The molecule has 0 amide bonds. The summed E-state index contributed by atoms with van der Waals surface area (Å²) in [6, 6.07) is 5.67. The summed E-state index contributed by atoms with van der Waals surface area (Å²) in [7, 11) is 0. The molecule has 19 heavy (non-hydrogen) atoms. The number of nitrogens with two attached hydrogens (primary N) is 1. The number of rotatable bonds is 3. The lowest BCUT2D eigenvalue weighted by molar-refractivity contribution is 0.579. The molecule has 0 fully saturated rings. The third-order valence-corrected chi connectivity index (χ3v) is 3.07. The van der Waals surface area contributed by atoms with Crippen molar-refractivity contribution >= 4 is 44.9 Å². The number of anilines is 3. The number of benzene rings is 1. The first-order valence-electron chi connectivity index (χ1n) is 5.06. The molecule has 0 unspecified atom stereocenters. The highest BCUT2D eigenvalue weighted by atomic mass is 79.9. The number of pyridine rings is 1. The van der Waals surface area contributed by atoms with Crippen LogP contribution in [-0.2, 0) is 0 Å². The number of nitrogens with one attached hydrogen (secondary N) is 2. The molecule has 8 heteroatoms. The summed E-state index contributed by atoms with van der Waals surface area (Å²) in [5.41, 5.74) is 2.47. The highest BCUT2D eigenvalue weighted by molar-refractivity contribution is 9.10. The number of nitrogen functional groups attached to an aromatic ring is 1. The van der Waals surface area contributed by atoms with Crippen molar-refractivity contribution in [3.8, 4) is 0 Å². The molecular formula is C11H8BrClF2N4. The van der Waals surface area contributed by atoms with Crippen molar-refractivity contribution in [1.29, 1.82) is 0 Å². The zero-order valence-electron chi connectivity index (χ0n) is 9.35. The Morgan fingerprint density at radius 1 is 1.16 bits per heavy atom. The van der Waals surface area contributed by atoms with Gasteiger partial charge in [-0.05, 0) is 18.2 Å². The predicted octanol–water partition coefficient (Wildman–Crippen LogP) is 3.80. The molecule has 0 aliphatic rings. The van der Waals surface area contributed by atoms with Crippen LogP contribution in [0.1, 0.15) is 0 Å². The van der Waals surface area contributed by atoms with E-state index in [4.69, 9.17) is 17.4 Å². The molecule has 0 aliphatic heterocycles. The minimum Gasteiger partial charge on any atom is -0.336 e. The zero-order valence-corrected chi connectivity index (χ0v) is 11.7. The van der Waals surface area contributed by atoms with E-state index in [0.29, 0.717) is 16.8 Å². The normalized spacial score (nSPS) is 10.4. The van der Waals surface area contributed by atoms with Crippen molar-refractivity contribution < 1.29 is 8.78 Å². The van der Waals surface area contributed by atoms with Gasteiger partial charge in [0.1, 0.15) is 0 Å². The average Bonchev–Trinajstić information content (AvgIpc) is 2.37. The number of nitrogens with zero attached hydrogens (tertiary/aromatic N) is 1. The fraction of sp³-hybridized carbons (Fsp3) is 0. The second-order valence-electron chi connectivity index (χ2n) is 3.54. The summed E-state index contributed by atoms with van der Waals surface area (Å²) >= 11 is 9.22. The SMILES string of the molecule is NNc1nc(Nc2cc(Br)ccc2Cl)c(F)cc1F. The van der Waals surface area contributed by atoms with Crippen LogP contribution >= 0.6 is 27.5 Å². The van der Waals surface area contributed by atoms with Crippen molar-refractivity contribution in [2.24, 2.45) is 5.84 Å². The van der Waals surface area contributed by atoms with Gasteiger partial charge in [-0.2, -0.15) is 0 Å². The minimum atomic E-state index is -0.883. The van der Waals surface area contributed by atoms with Gasteiger partial charge in [-0.1, -0.05) is 27.5 Å². The van der Waals surface area contributed by atoms with Crippen molar-refractivity contribution in [2.75, 3.05) is 10.7 Å². The van der Waals surface area contributed by atoms with E-state index in [1.807, 2.05) is 5.43 Å². The summed E-state index contributed by atoms with van der Waals surface area (Å²) in [6.45, 7) is 0. The minimum absolute atomic E-state index is 0.186. The second-order valence-corrected chi connectivity index (χ2v) is 4.87. The largest absolute Gasteiger partial charge is 0.336 e. The fourth-order valence-electron chi connectivity index (χ4n) is 1.38. The smallest absolute Gasteiger partial charge is 0.178 e. The number of hydrogen-bond acceptors (Lipinski definition) is 4. The number of halogens is 4. The van der Waals surface area contributed by atoms with Crippen LogP contribution in [0.5, 0.6) is 0 Å². The Morgan fingerprint density at radius 2 is 1.84 bits per heavy atom. The Bertz CT molecular complexity index is 624. The third-order valence-electron chi connectivity index (χ3n) is 2.25. The van der Waals surface area contributed by atoms with Crippen LogP contribution in [0, 0.1) is 11.6 Å². The highest BCUT2D eigenvalue weighted by Gasteiger charge is 2.12. The van der Waals surface area contributed by atoms with Gasteiger partial charge in [0.05, 0.1) is 10.7 Å². The molecule has 1 heterocycles. The number of hydrazine groups is 1. The van der Waals surface area contributed by atoms with Crippen LogP contribution in [0.15, 0.2) is 28.7 Å². The van der Waals surface area contributed by atoms with Gasteiger partial charge in [-0.15, -0.1) is 0 Å². The van der Waals surface area contributed by atoms with E-state index in [2.05, 4.69) is 26.2 Å². The van der Waals surface area contributed by atoms with E-state index in [9.17, 15) is 8.78 Å². The lowest BCUT2D eigenvalue weighted by Gasteiger charge is -2.11. The van der Waals surface area contributed by atoms with Crippen molar-refractivity contribution in [2.45, 2.75) is 0 Å². The Kier molecular flexibility index (Phi) is 4.18. The van der Waals surface area contributed by atoms with Gasteiger partial charge in [0.15, 0.2) is 23.3 Å². The molecule has 1 aromatic carbocycles. The van der Waals surface area contributed by atoms with E-state index < -0.39 is 11.6 Å². The average molecular weight is 350 g/mol. The van der Waals surface area contributed by atoms with Crippen molar-refractivity contribution in [3.63, 3.8) is 0 Å². The maximum Gasteiger partial charge on any atom is 0.178 e. The van der Waals surface area contributed by atoms with Crippen LogP contribution in [0.3, 0.4) is 0 Å². The van der Waals surface area contributed by atoms with Crippen LogP contribution in [-0.4, -0.2) is 4.98 Å². The van der Waals surface area contributed by atoms with E-state index in [-0.39, 0.29) is 11.6 Å². The lowest BCUT2D eigenvalue weighted by atomic mass is 10.3. The van der Waals surface area contributed by atoms with Gasteiger partial charge in [0, 0.05) is 10.5 Å². The third kappa shape index (κ3) is 3.12. The second kappa shape index (κ2) is 5.68. The molecule has 4 N–H and O–H groups in total. The van der Waals surface area contributed by atoms with Gasteiger partial charge < -0.3 is 10.7 Å². The monoisotopic (exact) mass is 348 g/mol. The Labute approximate surface area is 121 Å². The molecule has 2 aromatic rings. The molecule has 0 aliphatic carbocycles. The molecule has 0 saturated carbocycles. The topological polar surface area (TPSA) is 63.0 Å². The van der Waals surface area contributed by atoms with Gasteiger partial charge in [-0.3, -0.25) is 0 Å². The summed E-state index contributed by atoms with van der Waals surface area (Å²) in [4.78, 5) is 3.69. The molecule has 0 bridgehead atoms. The zero-order chi connectivity index (χ0) is 14.0. The predicted molar refractivity (Wildman–Crippen MR) is 74.4 cm³/mol. The first-order valence-corrected chi connectivity index (χ1v) is 6.23. The molecular weight excluding hydrogens is 342 g/mol. The summed E-state index contributed by atoms with van der Waals surface area (Å²) in [5, 5.41) is 3.04. The van der Waals surface area contributed by atoms with E-state index >= 15 is 0 Å². The van der Waals surface area contributed by atoms with Crippen molar-refractivity contribution in [1.82, 2.24) is 4.98 Å². The molecule has 4 nitrogen and oxygen atoms in total.